The molecule has 1 aromatic carbocycles. The van der Waals surface area contributed by atoms with Crippen LogP contribution in [0.2, 0.25) is 0 Å². The lowest BCUT2D eigenvalue weighted by molar-refractivity contribution is -0.168. The van der Waals surface area contributed by atoms with Gasteiger partial charge in [-0.15, -0.1) is 0 Å². The van der Waals surface area contributed by atoms with Gasteiger partial charge in [0, 0.05) is 12.8 Å². The molecule has 2 rings (SSSR count). The van der Waals surface area contributed by atoms with Gasteiger partial charge in [-0.05, 0) is 47.6 Å². The summed E-state index contributed by atoms with van der Waals surface area (Å²) in [6, 6.07) is 2.17. The predicted molar refractivity (Wildman–Crippen MR) is 83.9 cm³/mol. The molecule has 22 heavy (non-hydrogen) atoms. The van der Waals surface area contributed by atoms with Gasteiger partial charge < -0.3 is 9.47 Å². The summed E-state index contributed by atoms with van der Waals surface area (Å²) in [5.41, 5.74) is 4.50. The van der Waals surface area contributed by atoms with E-state index in [1.54, 1.807) is 0 Å². The molecule has 0 radical (unpaired) electrons. The molecule has 0 unspecified atom stereocenters. The zero-order valence-electron chi connectivity index (χ0n) is 14.2. The second-order valence-corrected chi connectivity index (χ2v) is 6.44. The Bertz CT molecular complexity index is 612. The normalized spacial score (nSPS) is 15.6. The van der Waals surface area contributed by atoms with Gasteiger partial charge >= 0.3 is 11.9 Å². The molecule has 1 aromatic rings. The Hall–Kier alpha value is -1.84. The average molecular weight is 304 g/mol. The van der Waals surface area contributed by atoms with Crippen molar-refractivity contribution in [1.29, 1.82) is 0 Å². The van der Waals surface area contributed by atoms with Crippen LogP contribution in [0.5, 0.6) is 0 Å². The Kier molecular flexibility index (Phi) is 4.32. The first-order chi connectivity index (χ1) is 10.3. The average Bonchev–Trinajstić information content (AvgIpc) is 2.91. The number of ether oxygens (including phenoxy) is 2. The number of carbonyl (C=O) groups is 2. The van der Waals surface area contributed by atoms with Crippen molar-refractivity contribution in [3.05, 3.63) is 33.9 Å². The third-order valence-corrected chi connectivity index (χ3v) is 4.83. The molecule has 0 saturated carbocycles. The topological polar surface area (TPSA) is 52.6 Å². The number of esters is 2. The fourth-order valence-electron chi connectivity index (χ4n) is 3.58. The Labute approximate surface area is 131 Å². The highest BCUT2D eigenvalue weighted by molar-refractivity contribution is 6.01. The molecule has 4 nitrogen and oxygen atoms in total. The summed E-state index contributed by atoms with van der Waals surface area (Å²) in [5, 5.41) is 0. The molecule has 4 heteroatoms. The van der Waals surface area contributed by atoms with E-state index in [4.69, 9.17) is 9.47 Å². The Morgan fingerprint density at radius 3 is 2.00 bits per heavy atom. The number of benzene rings is 1. The molecule has 120 valence electrons. The number of fused-ring (bicyclic) bond motifs is 1. The fourth-order valence-corrected chi connectivity index (χ4v) is 3.58. The minimum atomic E-state index is -1.24. The van der Waals surface area contributed by atoms with E-state index in [9.17, 15) is 9.59 Å². The van der Waals surface area contributed by atoms with E-state index in [1.807, 2.05) is 6.92 Å². The van der Waals surface area contributed by atoms with Gasteiger partial charge in [0.15, 0.2) is 5.41 Å². The van der Waals surface area contributed by atoms with E-state index in [-0.39, 0.29) is 0 Å². The molecule has 0 aromatic heterocycles. The number of methoxy groups -OCH3 is 2. The number of aryl methyl sites for hydroxylation is 1. The lowest BCUT2D eigenvalue weighted by Gasteiger charge is -2.22. The van der Waals surface area contributed by atoms with Crippen molar-refractivity contribution in [2.24, 2.45) is 5.41 Å². The van der Waals surface area contributed by atoms with Crippen molar-refractivity contribution in [2.75, 3.05) is 14.2 Å². The van der Waals surface area contributed by atoms with Crippen LogP contribution in [0, 0.1) is 19.3 Å². The molecule has 0 N–H and O–H groups in total. The molecule has 0 spiro atoms. The molecular weight excluding hydrogens is 280 g/mol. The van der Waals surface area contributed by atoms with Crippen molar-refractivity contribution >= 4 is 11.9 Å². The zero-order chi connectivity index (χ0) is 16.7. The summed E-state index contributed by atoms with van der Waals surface area (Å²) in [7, 11) is 2.63. The standard InChI is InChI=1S/C18H24O4/c1-10(2)13-7-11(3)14-8-18(16(19)21-5,17(20)22-6)9-15(14)12(13)4/h7,10H,8-9H2,1-6H3. The summed E-state index contributed by atoms with van der Waals surface area (Å²) in [6.07, 6.45) is 0.710. The molecule has 1 aliphatic carbocycles. The van der Waals surface area contributed by atoms with Crippen LogP contribution in [0.1, 0.15) is 47.6 Å². The molecule has 0 amide bonds. The second kappa shape index (κ2) is 5.75. The molecule has 0 heterocycles. The van der Waals surface area contributed by atoms with Crippen molar-refractivity contribution in [3.63, 3.8) is 0 Å². The minimum Gasteiger partial charge on any atom is -0.468 e. The summed E-state index contributed by atoms with van der Waals surface area (Å²) < 4.78 is 9.82. The first kappa shape index (κ1) is 16.5. The molecule has 0 bridgehead atoms. The van der Waals surface area contributed by atoms with E-state index >= 15 is 0 Å². The van der Waals surface area contributed by atoms with Crippen LogP contribution in [0.3, 0.4) is 0 Å². The molecule has 0 fully saturated rings. The van der Waals surface area contributed by atoms with Crippen LogP contribution in [-0.2, 0) is 31.9 Å². The summed E-state index contributed by atoms with van der Waals surface area (Å²) in [4.78, 5) is 24.6. The third-order valence-electron chi connectivity index (χ3n) is 4.83. The number of carbonyl (C=O) groups excluding carboxylic acids is 2. The van der Waals surface area contributed by atoms with Crippen LogP contribution < -0.4 is 0 Å². The fraction of sp³-hybridized carbons (Fsp3) is 0.556. The number of hydrogen-bond donors (Lipinski definition) is 0. The van der Waals surface area contributed by atoms with Crippen molar-refractivity contribution in [1.82, 2.24) is 0 Å². The van der Waals surface area contributed by atoms with E-state index < -0.39 is 17.4 Å². The predicted octanol–water partition coefficient (Wildman–Crippen LogP) is 2.86. The maximum absolute atomic E-state index is 12.3. The molecule has 0 aliphatic heterocycles. The van der Waals surface area contributed by atoms with Gasteiger partial charge in [-0.2, -0.15) is 0 Å². The van der Waals surface area contributed by atoms with Crippen LogP contribution in [0.4, 0.5) is 0 Å². The van der Waals surface area contributed by atoms with Crippen LogP contribution in [0.15, 0.2) is 6.07 Å². The van der Waals surface area contributed by atoms with Gasteiger partial charge in [0.05, 0.1) is 14.2 Å². The first-order valence-electron chi connectivity index (χ1n) is 7.57. The van der Waals surface area contributed by atoms with Gasteiger partial charge in [0.2, 0.25) is 0 Å². The molecule has 0 saturated heterocycles. The minimum absolute atomic E-state index is 0.354. The van der Waals surface area contributed by atoms with Gasteiger partial charge in [-0.3, -0.25) is 9.59 Å². The van der Waals surface area contributed by atoms with Crippen LogP contribution >= 0.6 is 0 Å². The van der Waals surface area contributed by atoms with Gasteiger partial charge in [0.1, 0.15) is 0 Å². The highest BCUT2D eigenvalue weighted by Gasteiger charge is 2.53. The smallest absolute Gasteiger partial charge is 0.323 e. The van der Waals surface area contributed by atoms with E-state index in [0.29, 0.717) is 18.8 Å². The highest BCUT2D eigenvalue weighted by atomic mass is 16.5. The van der Waals surface area contributed by atoms with Crippen LogP contribution in [0.25, 0.3) is 0 Å². The highest BCUT2D eigenvalue weighted by Crippen LogP contribution is 2.43. The maximum atomic E-state index is 12.3. The zero-order valence-corrected chi connectivity index (χ0v) is 14.2. The summed E-state index contributed by atoms with van der Waals surface area (Å²) in [6.45, 7) is 8.40. The van der Waals surface area contributed by atoms with Gasteiger partial charge in [-0.25, -0.2) is 0 Å². The molecule has 0 atom stereocenters. The lowest BCUT2D eigenvalue weighted by Crippen LogP contribution is -2.42. The quantitative estimate of drug-likeness (QED) is 0.636. The second-order valence-electron chi connectivity index (χ2n) is 6.44. The third kappa shape index (κ3) is 2.31. The van der Waals surface area contributed by atoms with Gasteiger partial charge in [-0.1, -0.05) is 19.9 Å². The maximum Gasteiger partial charge on any atom is 0.323 e. The van der Waals surface area contributed by atoms with Gasteiger partial charge in [0.25, 0.3) is 0 Å². The van der Waals surface area contributed by atoms with Crippen LogP contribution in [-0.4, -0.2) is 26.2 Å². The Balaban J connectivity index is 2.60. The Morgan fingerprint density at radius 2 is 1.55 bits per heavy atom. The van der Waals surface area contributed by atoms with E-state index in [2.05, 4.69) is 26.8 Å². The Morgan fingerprint density at radius 1 is 1.05 bits per heavy atom. The molecule has 1 aliphatic rings. The summed E-state index contributed by atoms with van der Waals surface area (Å²) >= 11 is 0. The van der Waals surface area contributed by atoms with Crippen molar-refractivity contribution in [2.45, 2.75) is 46.5 Å². The SMILES string of the molecule is COC(=O)C1(C(=O)OC)Cc2c(C)cc(C(C)C)c(C)c2C1. The van der Waals surface area contributed by atoms with Crippen molar-refractivity contribution in [3.8, 4) is 0 Å². The van der Waals surface area contributed by atoms with E-state index in [0.717, 1.165) is 16.7 Å². The largest absolute Gasteiger partial charge is 0.468 e. The van der Waals surface area contributed by atoms with Crippen molar-refractivity contribution < 1.29 is 19.1 Å². The monoisotopic (exact) mass is 304 g/mol. The number of hydrogen-bond acceptors (Lipinski definition) is 4. The van der Waals surface area contributed by atoms with E-state index in [1.165, 1.54) is 25.3 Å². The summed E-state index contributed by atoms with van der Waals surface area (Å²) in [5.74, 6) is -0.629. The first-order valence-corrected chi connectivity index (χ1v) is 7.57. The molecular formula is C18H24O4. The number of rotatable bonds is 3. The lowest BCUT2D eigenvalue weighted by atomic mass is 9.84.